The fourth-order valence-corrected chi connectivity index (χ4v) is 2.96. The number of phenolic OH excluding ortho intramolecular Hbond substituents is 1. The van der Waals surface area contributed by atoms with Gasteiger partial charge in [-0.2, -0.15) is 0 Å². The van der Waals surface area contributed by atoms with Crippen molar-refractivity contribution >= 4 is 52.1 Å². The van der Waals surface area contributed by atoms with Gasteiger partial charge in [0.05, 0.1) is 17.2 Å². The first-order valence-corrected chi connectivity index (χ1v) is 7.44. The summed E-state index contributed by atoms with van der Waals surface area (Å²) in [5.41, 5.74) is 1.86. The summed E-state index contributed by atoms with van der Waals surface area (Å²) in [6.45, 7) is 1.18. The number of benzene rings is 1. The van der Waals surface area contributed by atoms with Gasteiger partial charge in [0.2, 0.25) is 0 Å². The Balaban J connectivity index is 2.00. The fourth-order valence-electron chi connectivity index (χ4n) is 2.18. The Morgan fingerprint density at radius 3 is 3.05 bits per heavy atom. The van der Waals surface area contributed by atoms with E-state index in [2.05, 4.69) is 20.9 Å². The van der Waals surface area contributed by atoms with Gasteiger partial charge in [-0.25, -0.2) is 0 Å². The number of thiocarbonyl (C=S) groups is 1. The van der Waals surface area contributed by atoms with Crippen LogP contribution in [-0.4, -0.2) is 36.1 Å². The van der Waals surface area contributed by atoms with Gasteiger partial charge in [0, 0.05) is 17.8 Å². The molecule has 0 saturated heterocycles. The highest BCUT2D eigenvalue weighted by molar-refractivity contribution is 9.10. The highest BCUT2D eigenvalue weighted by Gasteiger charge is 2.23. The molecule has 2 heterocycles. The molecule has 1 aromatic carbocycles. The molecule has 3 rings (SSSR count). The van der Waals surface area contributed by atoms with Gasteiger partial charge in [-0.3, -0.25) is 4.98 Å². The van der Waals surface area contributed by atoms with Gasteiger partial charge in [0.15, 0.2) is 0 Å². The maximum absolute atomic E-state index is 9.72. The van der Waals surface area contributed by atoms with Crippen LogP contribution in [0.4, 0.5) is 5.69 Å². The first-order valence-electron chi connectivity index (χ1n) is 6.24. The normalized spacial score (nSPS) is 13.5. The van der Waals surface area contributed by atoms with Gasteiger partial charge in [0.25, 0.3) is 0 Å². The molecule has 104 valence electrons. The third-order valence-electron chi connectivity index (χ3n) is 3.21. The van der Waals surface area contributed by atoms with Gasteiger partial charge in [-0.05, 0) is 22.0 Å². The molecule has 0 fully saturated rings. The molecule has 1 aliphatic heterocycles. The van der Waals surface area contributed by atoms with Gasteiger partial charge in [0.1, 0.15) is 36.6 Å². The number of aromatic nitrogens is 1. The van der Waals surface area contributed by atoms with Gasteiger partial charge >= 0.3 is 0 Å². The van der Waals surface area contributed by atoms with Gasteiger partial charge in [-0.1, -0.05) is 23.7 Å². The predicted molar refractivity (Wildman–Crippen MR) is 90.0 cm³/mol. The number of phenols is 1. The zero-order chi connectivity index (χ0) is 15.0. The highest BCUT2D eigenvalue weighted by Crippen LogP contribution is 2.32. The Bertz CT molecular complexity index is 703. The SMILES string of the molecule is [B]c1cc(C(=S)N2CCOc3ccncc32)cc(Br)c1O. The molecular weight excluding hydrogens is 351 g/mol. The van der Waals surface area contributed by atoms with Crippen LogP contribution in [0.1, 0.15) is 5.56 Å². The second kappa shape index (κ2) is 5.65. The zero-order valence-corrected chi connectivity index (χ0v) is 13.3. The number of rotatable bonds is 1. The molecule has 0 unspecified atom stereocenters. The Morgan fingerprint density at radius 1 is 1.48 bits per heavy atom. The van der Waals surface area contributed by atoms with E-state index in [1.807, 2.05) is 11.0 Å². The van der Waals surface area contributed by atoms with E-state index in [0.717, 1.165) is 17.0 Å². The molecule has 0 atom stereocenters. The minimum absolute atomic E-state index is 0.0191. The summed E-state index contributed by atoms with van der Waals surface area (Å²) in [5, 5.41) is 9.72. The van der Waals surface area contributed by atoms with Crippen LogP contribution in [0.3, 0.4) is 0 Å². The largest absolute Gasteiger partial charge is 0.507 e. The molecule has 4 nitrogen and oxygen atoms in total. The predicted octanol–water partition coefficient (Wildman–Crippen LogP) is 1.92. The lowest BCUT2D eigenvalue weighted by Crippen LogP contribution is -2.37. The molecule has 2 aromatic rings. The van der Waals surface area contributed by atoms with Crippen LogP contribution >= 0.6 is 28.1 Å². The Kier molecular flexibility index (Phi) is 3.86. The van der Waals surface area contributed by atoms with E-state index >= 15 is 0 Å². The van der Waals surface area contributed by atoms with E-state index in [0.29, 0.717) is 22.6 Å². The Labute approximate surface area is 137 Å². The molecule has 0 spiro atoms. The first-order chi connectivity index (χ1) is 10.1. The van der Waals surface area contributed by atoms with E-state index in [1.165, 1.54) is 0 Å². The summed E-state index contributed by atoms with van der Waals surface area (Å²) in [4.78, 5) is 6.69. The quantitative estimate of drug-likeness (QED) is 0.621. The van der Waals surface area contributed by atoms with E-state index in [1.54, 1.807) is 24.5 Å². The molecule has 0 saturated carbocycles. The van der Waals surface area contributed by atoms with E-state index in [4.69, 9.17) is 24.8 Å². The van der Waals surface area contributed by atoms with Gasteiger partial charge in [-0.15, -0.1) is 0 Å². The lowest BCUT2D eigenvalue weighted by Gasteiger charge is -2.31. The van der Waals surface area contributed by atoms with Crippen LogP contribution in [0.2, 0.25) is 0 Å². The highest BCUT2D eigenvalue weighted by atomic mass is 79.9. The van der Waals surface area contributed by atoms with Crippen molar-refractivity contribution in [1.82, 2.24) is 4.98 Å². The van der Waals surface area contributed by atoms with Crippen molar-refractivity contribution in [3.63, 3.8) is 0 Å². The molecule has 2 radical (unpaired) electrons. The number of hydrogen-bond donors (Lipinski definition) is 1. The number of anilines is 1. The topological polar surface area (TPSA) is 45.6 Å². The van der Waals surface area contributed by atoms with Crippen molar-refractivity contribution < 1.29 is 9.84 Å². The van der Waals surface area contributed by atoms with Crippen molar-refractivity contribution in [2.45, 2.75) is 0 Å². The second-order valence-corrected chi connectivity index (χ2v) is 5.79. The van der Waals surface area contributed by atoms with Crippen molar-refractivity contribution in [3.05, 3.63) is 40.6 Å². The summed E-state index contributed by atoms with van der Waals surface area (Å²) in [7, 11) is 5.79. The minimum atomic E-state index is 0.0191. The number of nitrogens with zero attached hydrogens (tertiary/aromatic N) is 2. The molecule has 1 aromatic heterocycles. The van der Waals surface area contributed by atoms with Crippen molar-refractivity contribution in [3.8, 4) is 11.5 Å². The Morgan fingerprint density at radius 2 is 2.29 bits per heavy atom. The van der Waals surface area contributed by atoms with Crippen LogP contribution in [0.25, 0.3) is 0 Å². The molecule has 7 heteroatoms. The van der Waals surface area contributed by atoms with Crippen LogP contribution < -0.4 is 15.1 Å². The Hall–Kier alpha value is -1.60. The average Bonchev–Trinajstić information content (AvgIpc) is 2.51. The summed E-state index contributed by atoms with van der Waals surface area (Å²) < 4.78 is 6.10. The van der Waals surface area contributed by atoms with Crippen LogP contribution in [0, 0.1) is 0 Å². The molecular formula is C14H10BBrN2O2S. The van der Waals surface area contributed by atoms with Crippen molar-refractivity contribution in [2.24, 2.45) is 0 Å². The maximum atomic E-state index is 9.72. The molecule has 0 aliphatic carbocycles. The maximum Gasteiger partial charge on any atom is 0.146 e. The van der Waals surface area contributed by atoms with E-state index in [-0.39, 0.29) is 11.2 Å². The van der Waals surface area contributed by atoms with Crippen LogP contribution in [0.15, 0.2) is 35.1 Å². The smallest absolute Gasteiger partial charge is 0.146 e. The zero-order valence-electron chi connectivity index (χ0n) is 10.9. The fraction of sp³-hybridized carbons (Fsp3) is 0.143. The number of hydrogen-bond acceptors (Lipinski definition) is 4. The number of aromatic hydroxyl groups is 1. The van der Waals surface area contributed by atoms with Gasteiger partial charge < -0.3 is 14.7 Å². The minimum Gasteiger partial charge on any atom is -0.507 e. The number of halogens is 1. The second-order valence-electron chi connectivity index (χ2n) is 4.54. The summed E-state index contributed by atoms with van der Waals surface area (Å²) in [5.74, 6) is 0.773. The molecule has 0 bridgehead atoms. The number of ether oxygens (including phenoxy) is 1. The number of pyridine rings is 1. The third kappa shape index (κ3) is 2.63. The monoisotopic (exact) mass is 360 g/mol. The summed E-state index contributed by atoms with van der Waals surface area (Å²) in [6.07, 6.45) is 3.40. The first kappa shape index (κ1) is 14.3. The number of fused-ring (bicyclic) bond motifs is 1. The lowest BCUT2D eigenvalue weighted by atomic mass is 9.93. The standard InChI is InChI=1S/C14H10BBrN2O2S/c15-9-5-8(6-10(16)13(9)19)14(21)18-3-4-20-12-1-2-17-7-11(12)18/h1-2,5-7,19H,3-4H2. The van der Waals surface area contributed by atoms with Crippen LogP contribution in [0.5, 0.6) is 11.5 Å². The third-order valence-corrected chi connectivity index (χ3v) is 4.27. The molecule has 1 N–H and O–H groups in total. The summed E-state index contributed by atoms with van der Waals surface area (Å²) in [6, 6.07) is 5.22. The molecule has 21 heavy (non-hydrogen) atoms. The lowest BCUT2D eigenvalue weighted by molar-refractivity contribution is 0.315. The van der Waals surface area contributed by atoms with E-state index < -0.39 is 0 Å². The molecule has 1 aliphatic rings. The molecule has 0 amide bonds. The average molecular weight is 361 g/mol. The van der Waals surface area contributed by atoms with Crippen molar-refractivity contribution in [2.75, 3.05) is 18.1 Å². The van der Waals surface area contributed by atoms with Crippen LogP contribution in [-0.2, 0) is 0 Å². The van der Waals surface area contributed by atoms with Crippen molar-refractivity contribution in [1.29, 1.82) is 0 Å². The summed E-state index contributed by atoms with van der Waals surface area (Å²) >= 11 is 8.84. The van der Waals surface area contributed by atoms with E-state index in [9.17, 15) is 5.11 Å².